The number of halogens is 1. The van der Waals surface area contributed by atoms with Crippen LogP contribution in [-0.2, 0) is 20.2 Å². The monoisotopic (exact) mass is 405 g/mol. The van der Waals surface area contributed by atoms with Crippen LogP contribution >= 0.6 is 0 Å². The van der Waals surface area contributed by atoms with Crippen molar-refractivity contribution in [3.63, 3.8) is 0 Å². The summed E-state index contributed by atoms with van der Waals surface area (Å²) in [5.74, 6) is -0.480. The molecule has 2 heterocycles. The van der Waals surface area contributed by atoms with Crippen LogP contribution in [0.2, 0.25) is 0 Å². The molecule has 0 spiro atoms. The first-order valence-corrected chi connectivity index (χ1v) is 11.6. The van der Waals surface area contributed by atoms with Gasteiger partial charge in [-0.25, -0.2) is 12.8 Å². The largest absolute Gasteiger partial charge is 0.282 e. The number of benzene rings is 1. The Labute approximate surface area is 154 Å². The number of piperidine rings is 1. The highest BCUT2D eigenvalue weighted by Gasteiger charge is 2.37. The molecule has 1 aromatic carbocycles. The summed E-state index contributed by atoms with van der Waals surface area (Å²) >= 11 is 0. The lowest BCUT2D eigenvalue weighted by Crippen LogP contribution is -2.55. The van der Waals surface area contributed by atoms with Crippen molar-refractivity contribution in [2.24, 2.45) is 5.92 Å². The Hall–Kier alpha value is -1.07. The minimum Gasteiger partial charge on any atom is -0.207 e. The second-order valence-corrected chi connectivity index (χ2v) is 10.7. The van der Waals surface area contributed by atoms with Gasteiger partial charge in [-0.15, -0.1) is 0 Å². The molecule has 0 saturated carbocycles. The first-order valence-electron chi connectivity index (χ1n) is 8.73. The van der Waals surface area contributed by atoms with Gasteiger partial charge >= 0.3 is 0 Å². The molecular formula is C16H24FN3O4S2. The number of piperazine rings is 1. The zero-order valence-electron chi connectivity index (χ0n) is 14.7. The molecule has 10 heteroatoms. The number of sulfonamides is 1. The fraction of sp³-hybridized carbons (Fsp3) is 0.625. The SMILES string of the molecule is CC1CCCN(S(=O)(=O)N2CCN(S(=O)(=O)c3ccccc3F)CC2)C1. The van der Waals surface area contributed by atoms with Gasteiger partial charge < -0.3 is 0 Å². The van der Waals surface area contributed by atoms with Crippen molar-refractivity contribution in [3.05, 3.63) is 30.1 Å². The number of nitrogens with zero attached hydrogens (tertiary/aromatic N) is 3. The van der Waals surface area contributed by atoms with Crippen LogP contribution in [0.1, 0.15) is 19.8 Å². The minimum absolute atomic E-state index is 0.0132. The van der Waals surface area contributed by atoms with Gasteiger partial charge in [0.1, 0.15) is 10.7 Å². The molecule has 1 aromatic rings. The van der Waals surface area contributed by atoms with E-state index in [1.54, 1.807) is 0 Å². The molecule has 2 saturated heterocycles. The molecule has 0 radical (unpaired) electrons. The molecule has 0 N–H and O–H groups in total. The summed E-state index contributed by atoms with van der Waals surface area (Å²) in [4.78, 5) is -0.374. The Morgan fingerprint density at radius 3 is 2.15 bits per heavy atom. The van der Waals surface area contributed by atoms with Gasteiger partial charge in [0.2, 0.25) is 10.0 Å². The third-order valence-corrected chi connectivity index (χ3v) is 8.86. The van der Waals surface area contributed by atoms with Crippen molar-refractivity contribution in [3.8, 4) is 0 Å². The smallest absolute Gasteiger partial charge is 0.207 e. The van der Waals surface area contributed by atoms with Crippen LogP contribution in [0.3, 0.4) is 0 Å². The van der Waals surface area contributed by atoms with Crippen molar-refractivity contribution in [2.75, 3.05) is 39.3 Å². The highest BCUT2D eigenvalue weighted by Crippen LogP contribution is 2.24. The number of rotatable bonds is 4. The van der Waals surface area contributed by atoms with E-state index in [9.17, 15) is 21.2 Å². The van der Waals surface area contributed by atoms with E-state index in [0.717, 1.165) is 23.2 Å². The van der Waals surface area contributed by atoms with Crippen LogP contribution in [0.5, 0.6) is 0 Å². The summed E-state index contributed by atoms with van der Waals surface area (Å²) in [6.07, 6.45) is 1.85. The summed E-state index contributed by atoms with van der Waals surface area (Å²) < 4.78 is 68.7. The zero-order chi connectivity index (χ0) is 18.9. The average molecular weight is 406 g/mol. The third kappa shape index (κ3) is 3.79. The summed E-state index contributed by atoms with van der Waals surface area (Å²) in [7, 11) is -7.56. The maximum absolute atomic E-state index is 13.9. The average Bonchev–Trinajstić information content (AvgIpc) is 2.62. The van der Waals surface area contributed by atoms with Crippen molar-refractivity contribution >= 4 is 20.2 Å². The zero-order valence-corrected chi connectivity index (χ0v) is 16.3. The lowest BCUT2D eigenvalue weighted by molar-refractivity contribution is 0.228. The van der Waals surface area contributed by atoms with Gasteiger partial charge in [-0.1, -0.05) is 19.1 Å². The summed E-state index contributed by atoms with van der Waals surface area (Å²) in [5, 5.41) is 0. The van der Waals surface area contributed by atoms with Gasteiger partial charge in [0.25, 0.3) is 10.2 Å². The molecule has 0 aliphatic carbocycles. The topological polar surface area (TPSA) is 78.0 Å². The molecule has 26 heavy (non-hydrogen) atoms. The van der Waals surface area contributed by atoms with Crippen LogP contribution < -0.4 is 0 Å². The predicted octanol–water partition coefficient (Wildman–Crippen LogP) is 1.11. The fourth-order valence-corrected chi connectivity index (χ4v) is 6.69. The molecule has 0 aromatic heterocycles. The van der Waals surface area contributed by atoms with Crippen molar-refractivity contribution in [2.45, 2.75) is 24.7 Å². The second kappa shape index (κ2) is 7.51. The first kappa shape index (κ1) is 19.7. The van der Waals surface area contributed by atoms with E-state index in [1.807, 2.05) is 6.92 Å². The molecule has 2 aliphatic heterocycles. The van der Waals surface area contributed by atoms with Crippen molar-refractivity contribution in [1.82, 2.24) is 12.9 Å². The molecule has 3 rings (SSSR count). The van der Waals surface area contributed by atoms with Gasteiger partial charge in [-0.2, -0.15) is 21.3 Å². The van der Waals surface area contributed by atoms with E-state index in [4.69, 9.17) is 0 Å². The van der Waals surface area contributed by atoms with Crippen LogP contribution in [0, 0.1) is 11.7 Å². The quantitative estimate of drug-likeness (QED) is 0.752. The molecule has 1 unspecified atom stereocenters. The van der Waals surface area contributed by atoms with Crippen LogP contribution in [0.25, 0.3) is 0 Å². The highest BCUT2D eigenvalue weighted by molar-refractivity contribution is 7.89. The van der Waals surface area contributed by atoms with Crippen molar-refractivity contribution in [1.29, 1.82) is 0 Å². The minimum atomic E-state index is -3.97. The maximum Gasteiger partial charge on any atom is 0.282 e. The van der Waals surface area contributed by atoms with Gasteiger partial charge in [0.05, 0.1) is 0 Å². The Balaban J connectivity index is 1.70. The van der Waals surface area contributed by atoms with E-state index in [-0.39, 0.29) is 31.1 Å². The summed E-state index contributed by atoms with van der Waals surface area (Å²) in [5.41, 5.74) is 0. The molecule has 0 bridgehead atoms. The molecule has 2 aliphatic rings. The Bertz CT molecular complexity index is 852. The number of hydrogen-bond donors (Lipinski definition) is 0. The van der Waals surface area contributed by atoms with Crippen molar-refractivity contribution < 1.29 is 21.2 Å². The molecule has 146 valence electrons. The molecule has 1 atom stereocenters. The Morgan fingerprint density at radius 1 is 0.923 bits per heavy atom. The van der Waals surface area contributed by atoms with Crippen LogP contribution in [0.4, 0.5) is 4.39 Å². The maximum atomic E-state index is 13.9. The fourth-order valence-electron chi connectivity index (χ4n) is 3.45. The van der Waals surface area contributed by atoms with E-state index in [2.05, 4.69) is 0 Å². The van der Waals surface area contributed by atoms with Gasteiger partial charge in [0.15, 0.2) is 0 Å². The third-order valence-electron chi connectivity index (χ3n) is 4.92. The normalized spacial score (nSPS) is 24.6. The van der Waals surface area contributed by atoms with E-state index >= 15 is 0 Å². The van der Waals surface area contributed by atoms with Crippen LogP contribution in [-0.4, -0.2) is 69.0 Å². The van der Waals surface area contributed by atoms with E-state index < -0.39 is 26.0 Å². The second-order valence-electron chi connectivity index (χ2n) is 6.85. The van der Waals surface area contributed by atoms with Gasteiger partial charge in [-0.3, -0.25) is 0 Å². The lowest BCUT2D eigenvalue weighted by atomic mass is 10.0. The predicted molar refractivity (Wildman–Crippen MR) is 95.6 cm³/mol. The molecule has 2 fully saturated rings. The van der Waals surface area contributed by atoms with Crippen LogP contribution in [0.15, 0.2) is 29.2 Å². The Morgan fingerprint density at radius 2 is 1.54 bits per heavy atom. The molecular weight excluding hydrogens is 381 g/mol. The molecule has 0 amide bonds. The Kier molecular flexibility index (Phi) is 5.69. The lowest BCUT2D eigenvalue weighted by Gasteiger charge is -2.38. The standard InChI is InChI=1S/C16H24FN3O4S2/c1-14-5-4-8-20(13-14)26(23,24)19-11-9-18(10-12-19)25(21,22)16-7-3-2-6-15(16)17/h2-3,6-7,14H,4-5,8-13H2,1H3. The highest BCUT2D eigenvalue weighted by atomic mass is 32.2. The van der Waals surface area contributed by atoms with E-state index in [0.29, 0.717) is 19.0 Å². The van der Waals surface area contributed by atoms with Gasteiger partial charge in [0, 0.05) is 39.3 Å². The summed E-state index contributed by atoms with van der Waals surface area (Å²) in [6.45, 7) is 3.19. The van der Waals surface area contributed by atoms with E-state index in [1.165, 1.54) is 26.8 Å². The number of hydrogen-bond acceptors (Lipinski definition) is 4. The molecule has 7 nitrogen and oxygen atoms in total. The first-order chi connectivity index (χ1) is 12.2. The van der Waals surface area contributed by atoms with Gasteiger partial charge in [-0.05, 0) is 30.9 Å². The summed E-state index contributed by atoms with van der Waals surface area (Å²) in [6, 6.07) is 5.22.